The Bertz CT molecular complexity index is 974. The SMILES string of the molecule is Cc1ccc(-c2noc(CCCN3CCN(C(=O)c4ccc(C)nc4)CC3)n2)cc1. The Labute approximate surface area is 176 Å². The van der Waals surface area contributed by atoms with E-state index in [1.807, 2.05) is 48.2 Å². The molecule has 1 amide bonds. The third-order valence-electron chi connectivity index (χ3n) is 5.46. The Balaban J connectivity index is 1.21. The molecule has 7 heteroatoms. The molecule has 2 aromatic heterocycles. The molecule has 0 unspecified atom stereocenters. The van der Waals surface area contributed by atoms with Gasteiger partial charge in [0.15, 0.2) is 0 Å². The van der Waals surface area contributed by atoms with Gasteiger partial charge in [-0.1, -0.05) is 35.0 Å². The van der Waals surface area contributed by atoms with Crippen LogP contribution in [0.2, 0.25) is 0 Å². The number of benzene rings is 1. The van der Waals surface area contributed by atoms with Crippen molar-refractivity contribution in [1.82, 2.24) is 24.9 Å². The summed E-state index contributed by atoms with van der Waals surface area (Å²) < 4.78 is 5.41. The third kappa shape index (κ3) is 4.91. The number of aryl methyl sites for hydroxylation is 3. The van der Waals surface area contributed by atoms with Gasteiger partial charge in [-0.2, -0.15) is 4.98 Å². The summed E-state index contributed by atoms with van der Waals surface area (Å²) in [6.07, 6.45) is 3.37. The fourth-order valence-electron chi connectivity index (χ4n) is 3.58. The van der Waals surface area contributed by atoms with Crippen molar-refractivity contribution < 1.29 is 9.32 Å². The van der Waals surface area contributed by atoms with Crippen molar-refractivity contribution in [2.75, 3.05) is 32.7 Å². The van der Waals surface area contributed by atoms with Crippen molar-refractivity contribution in [3.63, 3.8) is 0 Å². The maximum absolute atomic E-state index is 12.6. The van der Waals surface area contributed by atoms with Crippen molar-refractivity contribution in [3.8, 4) is 11.4 Å². The highest BCUT2D eigenvalue weighted by Gasteiger charge is 2.22. The summed E-state index contributed by atoms with van der Waals surface area (Å²) in [7, 11) is 0. The highest BCUT2D eigenvalue weighted by atomic mass is 16.5. The van der Waals surface area contributed by atoms with Crippen LogP contribution >= 0.6 is 0 Å². The smallest absolute Gasteiger partial charge is 0.255 e. The van der Waals surface area contributed by atoms with E-state index in [0.29, 0.717) is 17.3 Å². The van der Waals surface area contributed by atoms with E-state index in [2.05, 4.69) is 26.9 Å². The van der Waals surface area contributed by atoms with Crippen LogP contribution in [0.4, 0.5) is 0 Å². The molecule has 0 aliphatic carbocycles. The zero-order chi connectivity index (χ0) is 20.9. The molecule has 1 aliphatic heterocycles. The Morgan fingerprint density at radius 2 is 1.80 bits per heavy atom. The maximum atomic E-state index is 12.6. The monoisotopic (exact) mass is 405 g/mol. The number of nitrogens with zero attached hydrogens (tertiary/aromatic N) is 5. The van der Waals surface area contributed by atoms with Crippen LogP contribution < -0.4 is 0 Å². The van der Waals surface area contributed by atoms with Gasteiger partial charge < -0.3 is 9.42 Å². The number of carbonyl (C=O) groups excluding carboxylic acids is 1. The van der Waals surface area contributed by atoms with Crippen molar-refractivity contribution in [1.29, 1.82) is 0 Å². The zero-order valence-electron chi connectivity index (χ0n) is 17.5. The van der Waals surface area contributed by atoms with Crippen molar-refractivity contribution in [3.05, 3.63) is 65.3 Å². The predicted octanol–water partition coefficient (Wildman–Crippen LogP) is 3.14. The van der Waals surface area contributed by atoms with Gasteiger partial charge >= 0.3 is 0 Å². The summed E-state index contributed by atoms with van der Waals surface area (Å²) in [5, 5.41) is 4.10. The van der Waals surface area contributed by atoms with Crippen LogP contribution in [0.1, 0.15) is 33.9 Å². The van der Waals surface area contributed by atoms with E-state index >= 15 is 0 Å². The minimum Gasteiger partial charge on any atom is -0.339 e. The Hall–Kier alpha value is -3.06. The zero-order valence-corrected chi connectivity index (χ0v) is 17.5. The summed E-state index contributed by atoms with van der Waals surface area (Å²) in [4.78, 5) is 25.6. The predicted molar refractivity (Wildman–Crippen MR) is 114 cm³/mol. The van der Waals surface area contributed by atoms with E-state index < -0.39 is 0 Å². The van der Waals surface area contributed by atoms with Crippen LogP contribution in [0.3, 0.4) is 0 Å². The number of aromatic nitrogens is 3. The molecule has 1 fully saturated rings. The van der Waals surface area contributed by atoms with E-state index in [0.717, 1.165) is 56.8 Å². The molecule has 0 bridgehead atoms. The van der Waals surface area contributed by atoms with Crippen LogP contribution in [0.15, 0.2) is 47.1 Å². The fraction of sp³-hybridized carbons (Fsp3) is 0.391. The molecule has 3 heterocycles. The minimum atomic E-state index is 0.0663. The van der Waals surface area contributed by atoms with E-state index in [-0.39, 0.29) is 5.91 Å². The second kappa shape index (κ2) is 9.17. The lowest BCUT2D eigenvalue weighted by Gasteiger charge is -2.34. The number of amides is 1. The van der Waals surface area contributed by atoms with Crippen molar-refractivity contribution in [2.45, 2.75) is 26.7 Å². The number of hydrogen-bond acceptors (Lipinski definition) is 6. The lowest BCUT2D eigenvalue weighted by Crippen LogP contribution is -2.48. The molecular weight excluding hydrogens is 378 g/mol. The molecule has 0 saturated carbocycles. The van der Waals surface area contributed by atoms with E-state index in [1.165, 1.54) is 5.56 Å². The Morgan fingerprint density at radius 1 is 1.03 bits per heavy atom. The normalized spacial score (nSPS) is 14.8. The lowest BCUT2D eigenvalue weighted by atomic mass is 10.1. The van der Waals surface area contributed by atoms with Gasteiger partial charge in [-0.3, -0.25) is 14.7 Å². The van der Waals surface area contributed by atoms with Gasteiger partial charge in [0.2, 0.25) is 11.7 Å². The van der Waals surface area contributed by atoms with Gasteiger partial charge in [-0.25, -0.2) is 0 Å². The van der Waals surface area contributed by atoms with Gasteiger partial charge in [0.1, 0.15) is 0 Å². The number of carbonyl (C=O) groups is 1. The molecule has 7 nitrogen and oxygen atoms in total. The number of piperazine rings is 1. The first kappa shape index (κ1) is 20.2. The molecule has 30 heavy (non-hydrogen) atoms. The summed E-state index contributed by atoms with van der Waals surface area (Å²) >= 11 is 0. The highest BCUT2D eigenvalue weighted by molar-refractivity contribution is 5.94. The first-order valence-electron chi connectivity index (χ1n) is 10.4. The first-order valence-corrected chi connectivity index (χ1v) is 10.4. The molecule has 1 aromatic carbocycles. The number of rotatable bonds is 6. The number of hydrogen-bond donors (Lipinski definition) is 0. The second-order valence-electron chi connectivity index (χ2n) is 7.80. The topological polar surface area (TPSA) is 75.4 Å². The van der Waals surface area contributed by atoms with E-state index in [4.69, 9.17) is 4.52 Å². The summed E-state index contributed by atoms with van der Waals surface area (Å²) in [6.45, 7) is 8.17. The van der Waals surface area contributed by atoms with Crippen LogP contribution in [0.5, 0.6) is 0 Å². The second-order valence-corrected chi connectivity index (χ2v) is 7.80. The Kier molecular flexibility index (Phi) is 6.18. The summed E-state index contributed by atoms with van der Waals surface area (Å²) in [6, 6.07) is 11.8. The van der Waals surface area contributed by atoms with Gasteiger partial charge in [-0.15, -0.1) is 0 Å². The van der Waals surface area contributed by atoms with E-state index in [9.17, 15) is 4.79 Å². The fourth-order valence-corrected chi connectivity index (χ4v) is 3.58. The molecule has 0 atom stereocenters. The third-order valence-corrected chi connectivity index (χ3v) is 5.46. The van der Waals surface area contributed by atoms with Gasteiger partial charge in [-0.05, 0) is 38.9 Å². The molecule has 1 saturated heterocycles. The van der Waals surface area contributed by atoms with E-state index in [1.54, 1.807) is 6.20 Å². The largest absolute Gasteiger partial charge is 0.339 e. The van der Waals surface area contributed by atoms with Crippen molar-refractivity contribution >= 4 is 5.91 Å². The molecule has 1 aliphatic rings. The van der Waals surface area contributed by atoms with Crippen LogP contribution in [0, 0.1) is 13.8 Å². The van der Waals surface area contributed by atoms with Gasteiger partial charge in [0, 0.05) is 50.1 Å². The molecule has 4 rings (SSSR count). The maximum Gasteiger partial charge on any atom is 0.255 e. The van der Waals surface area contributed by atoms with Crippen LogP contribution in [-0.4, -0.2) is 63.6 Å². The summed E-state index contributed by atoms with van der Waals surface area (Å²) in [5.41, 5.74) is 3.76. The number of pyridine rings is 1. The average molecular weight is 406 g/mol. The van der Waals surface area contributed by atoms with Gasteiger partial charge in [0.25, 0.3) is 5.91 Å². The van der Waals surface area contributed by atoms with Crippen molar-refractivity contribution in [2.24, 2.45) is 0 Å². The molecule has 156 valence electrons. The van der Waals surface area contributed by atoms with Crippen LogP contribution in [-0.2, 0) is 6.42 Å². The van der Waals surface area contributed by atoms with Gasteiger partial charge in [0.05, 0.1) is 5.56 Å². The first-order chi connectivity index (χ1) is 14.6. The molecule has 0 spiro atoms. The summed E-state index contributed by atoms with van der Waals surface area (Å²) in [5.74, 6) is 1.38. The molecule has 3 aromatic rings. The highest BCUT2D eigenvalue weighted by Crippen LogP contribution is 2.17. The Morgan fingerprint density at radius 3 is 2.50 bits per heavy atom. The average Bonchev–Trinajstić information content (AvgIpc) is 3.24. The quantitative estimate of drug-likeness (QED) is 0.627. The molecular formula is C23H27N5O2. The van der Waals surface area contributed by atoms with Crippen LogP contribution in [0.25, 0.3) is 11.4 Å². The lowest BCUT2D eigenvalue weighted by molar-refractivity contribution is 0.0635. The minimum absolute atomic E-state index is 0.0663. The molecule has 0 radical (unpaired) electrons. The standard InChI is InChI=1S/C23H27N5O2/c1-17-5-8-19(9-6-17)22-25-21(30-26-22)4-3-11-27-12-14-28(15-13-27)23(29)20-10-7-18(2)24-16-20/h5-10,16H,3-4,11-15H2,1-2H3. The molecule has 0 N–H and O–H groups in total.